The highest BCUT2D eigenvalue weighted by Crippen LogP contribution is 2.26. The third kappa shape index (κ3) is 4.23. The Bertz CT molecular complexity index is 658. The summed E-state index contributed by atoms with van der Waals surface area (Å²) in [4.78, 5) is 12.3. The maximum Gasteiger partial charge on any atom is 0.255 e. The van der Waals surface area contributed by atoms with Gasteiger partial charge < -0.3 is 14.8 Å². The second kappa shape index (κ2) is 7.82. The molecule has 0 aromatic heterocycles. The van der Waals surface area contributed by atoms with Crippen LogP contribution in [0.3, 0.4) is 0 Å². The van der Waals surface area contributed by atoms with E-state index in [1.165, 1.54) is 0 Å². The molecule has 5 heteroatoms. The number of carbonyl (C=O) groups excluding carboxylic acids is 1. The fraction of sp³-hybridized carbons (Fsp3) is 0.235. The first-order valence-corrected chi connectivity index (χ1v) is 7.33. The van der Waals surface area contributed by atoms with Gasteiger partial charge in [-0.25, -0.2) is 0 Å². The van der Waals surface area contributed by atoms with Gasteiger partial charge in [-0.15, -0.1) is 0 Å². The van der Waals surface area contributed by atoms with Crippen molar-refractivity contribution in [3.8, 4) is 5.75 Å². The largest absolute Gasteiger partial charge is 0.492 e. The van der Waals surface area contributed by atoms with Crippen molar-refractivity contribution in [3.05, 3.63) is 58.6 Å². The van der Waals surface area contributed by atoms with Crippen LogP contribution in [0, 0.1) is 0 Å². The fourth-order valence-corrected chi connectivity index (χ4v) is 2.26. The average molecular weight is 320 g/mol. The zero-order valence-corrected chi connectivity index (χ0v) is 13.3. The summed E-state index contributed by atoms with van der Waals surface area (Å²) < 4.78 is 10.4. The fourth-order valence-electron chi connectivity index (χ4n) is 2.02. The molecule has 0 saturated carbocycles. The summed E-state index contributed by atoms with van der Waals surface area (Å²) in [6.07, 6.45) is 0. The molecular weight excluding hydrogens is 302 g/mol. The van der Waals surface area contributed by atoms with Gasteiger partial charge in [0, 0.05) is 18.4 Å². The van der Waals surface area contributed by atoms with Crippen LogP contribution in [0.4, 0.5) is 5.69 Å². The number of benzene rings is 2. The molecule has 2 aromatic rings. The van der Waals surface area contributed by atoms with Gasteiger partial charge in [-0.1, -0.05) is 23.7 Å². The summed E-state index contributed by atoms with van der Waals surface area (Å²) in [6, 6.07) is 12.5. The first kappa shape index (κ1) is 16.3. The van der Waals surface area contributed by atoms with Gasteiger partial charge in [0.1, 0.15) is 5.75 Å². The molecule has 0 bridgehead atoms. The van der Waals surface area contributed by atoms with Gasteiger partial charge in [0.15, 0.2) is 0 Å². The van der Waals surface area contributed by atoms with E-state index in [-0.39, 0.29) is 5.91 Å². The Labute approximate surface area is 135 Å². The highest BCUT2D eigenvalue weighted by atomic mass is 35.5. The van der Waals surface area contributed by atoms with Crippen LogP contribution in [0.15, 0.2) is 42.5 Å². The van der Waals surface area contributed by atoms with E-state index in [4.69, 9.17) is 21.1 Å². The Balaban J connectivity index is 2.12. The van der Waals surface area contributed by atoms with E-state index in [2.05, 4.69) is 5.32 Å². The molecule has 1 N–H and O–H groups in total. The van der Waals surface area contributed by atoms with Gasteiger partial charge >= 0.3 is 0 Å². The van der Waals surface area contributed by atoms with Crippen LogP contribution in [0.1, 0.15) is 22.8 Å². The van der Waals surface area contributed by atoms with Crippen molar-refractivity contribution in [1.29, 1.82) is 0 Å². The van der Waals surface area contributed by atoms with Gasteiger partial charge in [-0.3, -0.25) is 4.79 Å². The monoisotopic (exact) mass is 319 g/mol. The van der Waals surface area contributed by atoms with Gasteiger partial charge in [0.05, 0.1) is 18.2 Å². The first-order valence-electron chi connectivity index (χ1n) is 6.95. The van der Waals surface area contributed by atoms with Crippen LogP contribution in [0.25, 0.3) is 0 Å². The minimum Gasteiger partial charge on any atom is -0.492 e. The molecule has 0 fully saturated rings. The maximum absolute atomic E-state index is 12.3. The SMILES string of the molecule is CCOc1ccc(C(=O)Nc2cccc(COC)c2)cc1Cl. The van der Waals surface area contributed by atoms with Crippen LogP contribution in [0.2, 0.25) is 5.02 Å². The number of ether oxygens (including phenoxy) is 2. The molecule has 0 aliphatic rings. The number of hydrogen-bond donors (Lipinski definition) is 1. The predicted molar refractivity (Wildman–Crippen MR) is 87.7 cm³/mol. The smallest absolute Gasteiger partial charge is 0.255 e. The van der Waals surface area contributed by atoms with Crippen LogP contribution in [-0.4, -0.2) is 19.6 Å². The van der Waals surface area contributed by atoms with Crippen molar-refractivity contribution in [2.75, 3.05) is 19.0 Å². The molecule has 116 valence electrons. The van der Waals surface area contributed by atoms with Gasteiger partial charge in [-0.05, 0) is 42.8 Å². The van der Waals surface area contributed by atoms with E-state index in [0.717, 1.165) is 5.56 Å². The van der Waals surface area contributed by atoms with Crippen molar-refractivity contribution >= 4 is 23.2 Å². The minimum atomic E-state index is -0.223. The van der Waals surface area contributed by atoms with Crippen LogP contribution < -0.4 is 10.1 Å². The van der Waals surface area contributed by atoms with Crippen LogP contribution >= 0.6 is 11.6 Å². The Morgan fingerprint density at radius 3 is 2.73 bits per heavy atom. The van der Waals surface area contributed by atoms with E-state index in [1.807, 2.05) is 31.2 Å². The molecule has 0 heterocycles. The van der Waals surface area contributed by atoms with E-state index < -0.39 is 0 Å². The van der Waals surface area contributed by atoms with E-state index >= 15 is 0 Å². The van der Waals surface area contributed by atoms with Crippen molar-refractivity contribution in [3.63, 3.8) is 0 Å². The number of carbonyl (C=O) groups is 1. The highest BCUT2D eigenvalue weighted by Gasteiger charge is 2.10. The molecule has 1 amide bonds. The third-order valence-corrected chi connectivity index (χ3v) is 3.29. The molecule has 4 nitrogen and oxygen atoms in total. The standard InChI is InChI=1S/C17H18ClNO3/c1-3-22-16-8-7-13(10-15(16)18)17(20)19-14-6-4-5-12(9-14)11-21-2/h4-10H,3,11H2,1-2H3,(H,19,20). The summed E-state index contributed by atoms with van der Waals surface area (Å²) >= 11 is 6.10. The number of rotatable bonds is 6. The number of anilines is 1. The lowest BCUT2D eigenvalue weighted by Gasteiger charge is -2.09. The second-order valence-electron chi connectivity index (χ2n) is 4.67. The Hall–Kier alpha value is -2.04. The predicted octanol–water partition coefficient (Wildman–Crippen LogP) is 4.14. The number of methoxy groups -OCH3 is 1. The first-order chi connectivity index (χ1) is 10.6. The number of halogens is 1. The quantitative estimate of drug-likeness (QED) is 0.870. The molecule has 0 atom stereocenters. The zero-order chi connectivity index (χ0) is 15.9. The van der Waals surface area contributed by atoms with Crippen LogP contribution in [-0.2, 0) is 11.3 Å². The molecule has 2 aromatic carbocycles. The molecule has 0 spiro atoms. The molecule has 22 heavy (non-hydrogen) atoms. The summed E-state index contributed by atoms with van der Waals surface area (Å²) in [6.45, 7) is 2.90. The molecular formula is C17H18ClNO3. The second-order valence-corrected chi connectivity index (χ2v) is 5.07. The Kier molecular flexibility index (Phi) is 5.81. The van der Waals surface area contributed by atoms with Gasteiger partial charge in [0.2, 0.25) is 0 Å². The average Bonchev–Trinajstić information content (AvgIpc) is 2.50. The van der Waals surface area contributed by atoms with E-state index in [1.54, 1.807) is 25.3 Å². The number of nitrogens with one attached hydrogen (secondary N) is 1. The normalized spacial score (nSPS) is 10.3. The molecule has 0 aliphatic carbocycles. The number of hydrogen-bond acceptors (Lipinski definition) is 3. The van der Waals surface area contributed by atoms with Crippen molar-refractivity contribution in [2.24, 2.45) is 0 Å². The number of amides is 1. The van der Waals surface area contributed by atoms with Gasteiger partial charge in [0.25, 0.3) is 5.91 Å². The lowest BCUT2D eigenvalue weighted by atomic mass is 10.1. The summed E-state index contributed by atoms with van der Waals surface area (Å²) in [5, 5.41) is 3.26. The van der Waals surface area contributed by atoms with Crippen molar-refractivity contribution in [2.45, 2.75) is 13.5 Å². The Morgan fingerprint density at radius 1 is 1.23 bits per heavy atom. The topological polar surface area (TPSA) is 47.6 Å². The molecule has 0 unspecified atom stereocenters. The van der Waals surface area contributed by atoms with Crippen molar-refractivity contribution in [1.82, 2.24) is 0 Å². The van der Waals surface area contributed by atoms with Gasteiger partial charge in [-0.2, -0.15) is 0 Å². The molecule has 0 aliphatic heterocycles. The third-order valence-electron chi connectivity index (χ3n) is 2.99. The van der Waals surface area contributed by atoms with E-state index in [0.29, 0.717) is 35.2 Å². The highest BCUT2D eigenvalue weighted by molar-refractivity contribution is 6.32. The van der Waals surface area contributed by atoms with Crippen LogP contribution in [0.5, 0.6) is 5.75 Å². The maximum atomic E-state index is 12.3. The zero-order valence-electron chi connectivity index (χ0n) is 12.6. The lowest BCUT2D eigenvalue weighted by molar-refractivity contribution is 0.102. The summed E-state index contributed by atoms with van der Waals surface area (Å²) in [5.41, 5.74) is 2.18. The minimum absolute atomic E-state index is 0.223. The van der Waals surface area contributed by atoms with Crippen molar-refractivity contribution < 1.29 is 14.3 Å². The van der Waals surface area contributed by atoms with E-state index in [9.17, 15) is 4.79 Å². The Morgan fingerprint density at radius 2 is 2.05 bits per heavy atom. The lowest BCUT2D eigenvalue weighted by Crippen LogP contribution is -2.12. The molecule has 2 rings (SSSR count). The molecule has 0 radical (unpaired) electrons. The summed E-state index contributed by atoms with van der Waals surface area (Å²) in [7, 11) is 1.63. The molecule has 0 saturated heterocycles. The summed E-state index contributed by atoms with van der Waals surface area (Å²) in [5.74, 6) is 0.349.